The van der Waals surface area contributed by atoms with Crippen molar-refractivity contribution in [3.8, 4) is 0 Å². The molecular formula is C22H21NO5S. The summed E-state index contributed by atoms with van der Waals surface area (Å²) in [5, 5.41) is 11.3. The Labute approximate surface area is 168 Å². The fourth-order valence-corrected chi connectivity index (χ4v) is 5.83. The van der Waals surface area contributed by atoms with E-state index in [0.717, 1.165) is 11.8 Å². The largest absolute Gasteiger partial charge is 0.509 e. The Balaban J connectivity index is 1.57. The molecule has 2 aromatic carbocycles. The Morgan fingerprint density at radius 3 is 2.72 bits per heavy atom. The van der Waals surface area contributed by atoms with Crippen LogP contribution in [-0.4, -0.2) is 32.0 Å². The number of nitrogens with two attached hydrogens (primary N) is 1. The average Bonchev–Trinajstić information content (AvgIpc) is 3.51. The summed E-state index contributed by atoms with van der Waals surface area (Å²) >= 11 is 0. The maximum atomic E-state index is 13.4. The van der Waals surface area contributed by atoms with E-state index >= 15 is 0 Å². The molecule has 0 aromatic heterocycles. The van der Waals surface area contributed by atoms with E-state index in [0.29, 0.717) is 28.2 Å². The highest BCUT2D eigenvalue weighted by Gasteiger charge is 2.52. The van der Waals surface area contributed by atoms with Crippen LogP contribution in [-0.2, 0) is 19.3 Å². The number of ether oxygens (including phenoxy) is 2. The van der Waals surface area contributed by atoms with E-state index in [1.54, 1.807) is 18.2 Å². The number of sulfone groups is 1. The van der Waals surface area contributed by atoms with Gasteiger partial charge in [-0.05, 0) is 17.9 Å². The van der Waals surface area contributed by atoms with Gasteiger partial charge in [-0.15, -0.1) is 0 Å². The molecule has 0 radical (unpaired) electrons. The summed E-state index contributed by atoms with van der Waals surface area (Å²) in [4.78, 5) is 0.260. The lowest BCUT2D eigenvalue weighted by molar-refractivity contribution is -0.00663. The van der Waals surface area contributed by atoms with E-state index in [4.69, 9.17) is 15.2 Å². The first-order chi connectivity index (χ1) is 13.9. The van der Waals surface area contributed by atoms with Crippen molar-refractivity contribution in [1.82, 2.24) is 0 Å². The summed E-state index contributed by atoms with van der Waals surface area (Å²) in [6.07, 6.45) is 0.0726. The predicted molar refractivity (Wildman–Crippen MR) is 108 cm³/mol. The van der Waals surface area contributed by atoms with Gasteiger partial charge in [0.1, 0.15) is 18.1 Å². The third-order valence-electron chi connectivity index (χ3n) is 5.81. The molecule has 5 rings (SSSR count). The zero-order valence-electron chi connectivity index (χ0n) is 15.7. The normalized spacial score (nSPS) is 25.7. The molecule has 7 heteroatoms. The Bertz CT molecular complexity index is 1210. The van der Waals surface area contributed by atoms with Crippen LogP contribution < -0.4 is 5.73 Å². The lowest BCUT2D eigenvalue weighted by atomic mass is 10.0. The molecule has 3 atom stereocenters. The second kappa shape index (κ2) is 6.29. The van der Waals surface area contributed by atoms with Crippen molar-refractivity contribution >= 4 is 20.6 Å². The van der Waals surface area contributed by atoms with Gasteiger partial charge in [-0.1, -0.05) is 43.0 Å². The summed E-state index contributed by atoms with van der Waals surface area (Å²) in [7, 11) is -3.71. The molecule has 1 saturated carbocycles. The maximum Gasteiger partial charge on any atom is 0.188 e. The first kappa shape index (κ1) is 18.1. The van der Waals surface area contributed by atoms with Crippen molar-refractivity contribution < 1.29 is 23.0 Å². The third kappa shape index (κ3) is 2.88. The molecular weight excluding hydrogens is 390 g/mol. The number of allylic oxidation sites excluding steroid dienone is 3. The molecule has 6 nitrogen and oxygen atoms in total. The topological polar surface area (TPSA) is 98.8 Å². The second-order valence-corrected chi connectivity index (χ2v) is 9.68. The SMILES string of the molecule is C=C(O)[C@H]1COC2=C(O1)C(CS(=O)(=O)c1cccc3ccccc13)=C(N)C1CC21. The Morgan fingerprint density at radius 2 is 1.93 bits per heavy atom. The van der Waals surface area contributed by atoms with Crippen molar-refractivity contribution in [2.75, 3.05) is 12.4 Å². The van der Waals surface area contributed by atoms with Crippen LogP contribution in [0.25, 0.3) is 10.8 Å². The van der Waals surface area contributed by atoms with E-state index < -0.39 is 15.9 Å². The van der Waals surface area contributed by atoms with E-state index in [9.17, 15) is 13.5 Å². The molecule has 1 fully saturated rings. The minimum absolute atomic E-state index is 0.0870. The highest BCUT2D eigenvalue weighted by Crippen LogP contribution is 2.55. The van der Waals surface area contributed by atoms with Gasteiger partial charge in [-0.2, -0.15) is 0 Å². The zero-order valence-corrected chi connectivity index (χ0v) is 16.5. The highest BCUT2D eigenvalue weighted by atomic mass is 32.2. The maximum absolute atomic E-state index is 13.4. The van der Waals surface area contributed by atoms with Crippen molar-refractivity contribution in [2.24, 2.45) is 17.6 Å². The molecule has 29 heavy (non-hydrogen) atoms. The molecule has 0 bridgehead atoms. The van der Waals surface area contributed by atoms with E-state index in [2.05, 4.69) is 6.58 Å². The van der Waals surface area contributed by atoms with Crippen LogP contribution in [0.2, 0.25) is 0 Å². The molecule has 0 amide bonds. The van der Waals surface area contributed by atoms with E-state index in [1.807, 2.05) is 24.3 Å². The summed E-state index contributed by atoms with van der Waals surface area (Å²) in [5.41, 5.74) is 7.31. The van der Waals surface area contributed by atoms with Crippen LogP contribution >= 0.6 is 0 Å². The van der Waals surface area contributed by atoms with Crippen LogP contribution in [0.1, 0.15) is 6.42 Å². The summed E-state index contributed by atoms with van der Waals surface area (Å²) in [5.74, 6) is 0.750. The van der Waals surface area contributed by atoms with Gasteiger partial charge in [-0.25, -0.2) is 8.42 Å². The van der Waals surface area contributed by atoms with Gasteiger partial charge in [0.15, 0.2) is 21.7 Å². The fourth-order valence-electron chi connectivity index (χ4n) is 4.19. The number of aliphatic hydroxyl groups excluding tert-OH is 1. The molecule has 3 aliphatic rings. The van der Waals surface area contributed by atoms with Crippen molar-refractivity contribution in [3.63, 3.8) is 0 Å². The minimum Gasteiger partial charge on any atom is -0.509 e. The monoisotopic (exact) mass is 411 g/mol. The summed E-state index contributed by atoms with van der Waals surface area (Å²) < 4.78 is 38.5. The predicted octanol–water partition coefficient (Wildman–Crippen LogP) is 3.17. The highest BCUT2D eigenvalue weighted by molar-refractivity contribution is 7.91. The first-order valence-corrected chi connectivity index (χ1v) is 11.1. The van der Waals surface area contributed by atoms with Crippen molar-refractivity contribution in [1.29, 1.82) is 0 Å². The Kier molecular flexibility index (Phi) is 3.93. The van der Waals surface area contributed by atoms with E-state index in [1.165, 1.54) is 0 Å². The molecule has 3 N–H and O–H groups in total. The summed E-state index contributed by atoms with van der Waals surface area (Å²) in [6, 6.07) is 12.6. The third-order valence-corrected chi connectivity index (χ3v) is 7.51. The molecule has 2 aliphatic carbocycles. The number of hydrogen-bond acceptors (Lipinski definition) is 6. The number of benzene rings is 2. The van der Waals surface area contributed by atoms with Crippen LogP contribution in [0.15, 0.2) is 82.5 Å². The zero-order chi connectivity index (χ0) is 20.3. The standard InChI is InChI=1S/C22H21NO5S/c1-12(24)18-10-27-21-16-9-15(16)20(23)17(22(21)28-18)11-29(25,26)19-8-4-6-13-5-2-3-7-14(13)19/h2-8,15-16,18,24H,1,9-11,23H2/t15?,16?,18-/m1/s1. The molecule has 0 saturated heterocycles. The quantitative estimate of drug-likeness (QED) is 0.750. The van der Waals surface area contributed by atoms with Crippen LogP contribution in [0.4, 0.5) is 0 Å². The smallest absolute Gasteiger partial charge is 0.188 e. The van der Waals surface area contributed by atoms with Gasteiger partial charge in [0, 0.05) is 28.5 Å². The van der Waals surface area contributed by atoms with Gasteiger partial charge in [0.2, 0.25) is 0 Å². The second-order valence-electron chi connectivity index (χ2n) is 7.72. The number of hydrogen-bond donors (Lipinski definition) is 2. The van der Waals surface area contributed by atoms with Crippen LogP contribution in [0.3, 0.4) is 0 Å². The van der Waals surface area contributed by atoms with Gasteiger partial charge in [-0.3, -0.25) is 0 Å². The molecule has 150 valence electrons. The molecule has 2 unspecified atom stereocenters. The molecule has 2 aromatic rings. The number of rotatable bonds is 4. The fraction of sp³-hybridized carbons (Fsp3) is 0.273. The van der Waals surface area contributed by atoms with E-state index in [-0.39, 0.29) is 34.9 Å². The Morgan fingerprint density at radius 1 is 1.17 bits per heavy atom. The van der Waals surface area contributed by atoms with Crippen LogP contribution in [0.5, 0.6) is 0 Å². The molecule has 1 heterocycles. The Hall–Kier alpha value is -2.93. The number of fused-ring (bicyclic) bond motifs is 3. The van der Waals surface area contributed by atoms with Crippen molar-refractivity contribution in [2.45, 2.75) is 17.4 Å². The van der Waals surface area contributed by atoms with Gasteiger partial charge in [0.25, 0.3) is 0 Å². The first-order valence-electron chi connectivity index (χ1n) is 9.47. The van der Waals surface area contributed by atoms with Gasteiger partial charge >= 0.3 is 0 Å². The van der Waals surface area contributed by atoms with Gasteiger partial charge in [0.05, 0.1) is 10.6 Å². The summed E-state index contributed by atoms with van der Waals surface area (Å²) in [6.45, 7) is 3.66. The van der Waals surface area contributed by atoms with Gasteiger partial charge < -0.3 is 20.3 Å². The molecule has 0 spiro atoms. The lowest BCUT2D eigenvalue weighted by Crippen LogP contribution is -2.32. The number of aliphatic hydroxyl groups is 1. The average molecular weight is 411 g/mol. The van der Waals surface area contributed by atoms with Crippen LogP contribution in [0, 0.1) is 11.8 Å². The lowest BCUT2D eigenvalue weighted by Gasteiger charge is -2.32. The molecule has 1 aliphatic heterocycles. The van der Waals surface area contributed by atoms with Crippen molar-refractivity contribution in [3.05, 3.63) is 77.6 Å². The minimum atomic E-state index is -3.71.